The summed E-state index contributed by atoms with van der Waals surface area (Å²) in [7, 11) is 0. The molecule has 7 heteroatoms. The van der Waals surface area contributed by atoms with Gasteiger partial charge in [-0.05, 0) is 44.5 Å². The number of carbonyl (C=O) groups is 1. The predicted octanol–water partition coefficient (Wildman–Crippen LogP) is 4.99. The summed E-state index contributed by atoms with van der Waals surface area (Å²) in [5, 5.41) is 3.64. The highest BCUT2D eigenvalue weighted by molar-refractivity contribution is 5.99. The number of halogens is 1. The van der Waals surface area contributed by atoms with E-state index in [-0.39, 0.29) is 16.7 Å². The van der Waals surface area contributed by atoms with E-state index in [1.165, 1.54) is 12.1 Å². The van der Waals surface area contributed by atoms with Crippen LogP contribution in [0.4, 0.5) is 10.1 Å². The molecule has 0 spiro atoms. The van der Waals surface area contributed by atoms with Gasteiger partial charge in [-0.3, -0.25) is 15.0 Å². The molecule has 6 nitrogen and oxygen atoms in total. The Bertz CT molecular complexity index is 1410. The van der Waals surface area contributed by atoms with Crippen molar-refractivity contribution < 1.29 is 13.6 Å². The average molecular weight is 445 g/mol. The fourth-order valence-electron chi connectivity index (χ4n) is 4.01. The smallest absolute Gasteiger partial charge is 0.270 e. The zero-order valence-electron chi connectivity index (χ0n) is 18.5. The number of nitrogens with one attached hydrogen (secondary N) is 2. The summed E-state index contributed by atoms with van der Waals surface area (Å²) in [5.74, 6) is 4.29. The van der Waals surface area contributed by atoms with Crippen LogP contribution >= 0.6 is 0 Å². The highest BCUT2D eigenvalue weighted by Crippen LogP contribution is 2.33. The standard InChI is InChI=1S/C26H24FN3O3/c1-14-12-18(16(3)29-21-11-7-10-20(27)22(21)26(32)30-28)25-19(13-14)23(31)15(2)24(33-25)17-8-5-4-6-9-17/h4-13,16,29H,28H2,1-3H3,(H,30,32). The number of nitrogens with two attached hydrogens (primary N) is 1. The highest BCUT2D eigenvalue weighted by Gasteiger charge is 2.21. The molecule has 0 bridgehead atoms. The molecule has 0 saturated carbocycles. The van der Waals surface area contributed by atoms with Crippen molar-refractivity contribution in [2.24, 2.45) is 5.84 Å². The summed E-state index contributed by atoms with van der Waals surface area (Å²) in [6.07, 6.45) is 0. The van der Waals surface area contributed by atoms with Crippen molar-refractivity contribution in [3.63, 3.8) is 0 Å². The fraction of sp³-hybridized carbons (Fsp3) is 0.154. The molecule has 0 aliphatic carbocycles. The summed E-state index contributed by atoms with van der Waals surface area (Å²) < 4.78 is 20.7. The summed E-state index contributed by atoms with van der Waals surface area (Å²) in [6.45, 7) is 5.50. The number of benzene rings is 3. The predicted molar refractivity (Wildman–Crippen MR) is 127 cm³/mol. The van der Waals surface area contributed by atoms with Gasteiger partial charge in [-0.15, -0.1) is 0 Å². The van der Waals surface area contributed by atoms with E-state index in [4.69, 9.17) is 10.3 Å². The third-order valence-electron chi connectivity index (χ3n) is 5.64. The molecule has 4 N–H and O–H groups in total. The van der Waals surface area contributed by atoms with Gasteiger partial charge in [0.05, 0.1) is 22.7 Å². The average Bonchev–Trinajstić information content (AvgIpc) is 2.81. The molecule has 4 aromatic rings. The van der Waals surface area contributed by atoms with Crippen LogP contribution < -0.4 is 22.0 Å². The van der Waals surface area contributed by atoms with Gasteiger partial charge < -0.3 is 9.73 Å². The Morgan fingerprint density at radius 1 is 1.06 bits per heavy atom. The number of anilines is 1. The van der Waals surface area contributed by atoms with E-state index in [9.17, 15) is 14.0 Å². The summed E-state index contributed by atoms with van der Waals surface area (Å²) in [5.41, 5.74) is 5.31. The van der Waals surface area contributed by atoms with Crippen molar-refractivity contribution >= 4 is 22.6 Å². The molecule has 0 fully saturated rings. The van der Waals surface area contributed by atoms with Gasteiger partial charge in [-0.1, -0.05) is 42.5 Å². The Morgan fingerprint density at radius 2 is 1.79 bits per heavy atom. The second kappa shape index (κ2) is 8.88. The van der Waals surface area contributed by atoms with Gasteiger partial charge in [0.15, 0.2) is 5.43 Å². The second-order valence-corrected chi connectivity index (χ2v) is 7.98. The molecule has 4 rings (SSSR count). The lowest BCUT2D eigenvalue weighted by Crippen LogP contribution is -2.31. The van der Waals surface area contributed by atoms with Crippen LogP contribution in [0.25, 0.3) is 22.3 Å². The van der Waals surface area contributed by atoms with Crippen molar-refractivity contribution in [3.8, 4) is 11.3 Å². The molecule has 1 amide bonds. The molecular weight excluding hydrogens is 421 g/mol. The monoisotopic (exact) mass is 445 g/mol. The number of amides is 1. The van der Waals surface area contributed by atoms with Crippen LogP contribution in [-0.4, -0.2) is 5.91 Å². The number of aryl methyl sites for hydroxylation is 1. The summed E-state index contributed by atoms with van der Waals surface area (Å²) >= 11 is 0. The van der Waals surface area contributed by atoms with Gasteiger partial charge in [0.1, 0.15) is 17.2 Å². The quantitative estimate of drug-likeness (QED) is 0.228. The molecule has 0 aliphatic heterocycles. The minimum atomic E-state index is -0.745. The molecule has 3 aromatic carbocycles. The van der Waals surface area contributed by atoms with Gasteiger partial charge in [-0.25, -0.2) is 10.2 Å². The Labute approximate surface area is 190 Å². The molecule has 1 heterocycles. The lowest BCUT2D eigenvalue weighted by atomic mass is 9.98. The topological polar surface area (TPSA) is 97.4 Å². The Morgan fingerprint density at radius 3 is 2.48 bits per heavy atom. The van der Waals surface area contributed by atoms with Gasteiger partial charge >= 0.3 is 0 Å². The van der Waals surface area contributed by atoms with Crippen molar-refractivity contribution in [2.45, 2.75) is 26.8 Å². The van der Waals surface area contributed by atoms with E-state index >= 15 is 0 Å². The maximum absolute atomic E-state index is 14.4. The molecule has 1 aromatic heterocycles. The van der Waals surface area contributed by atoms with E-state index in [2.05, 4.69) is 5.32 Å². The molecule has 33 heavy (non-hydrogen) atoms. The van der Waals surface area contributed by atoms with E-state index in [1.54, 1.807) is 19.1 Å². The first-order chi connectivity index (χ1) is 15.8. The number of hydrogen-bond donors (Lipinski definition) is 3. The van der Waals surface area contributed by atoms with Crippen LogP contribution in [-0.2, 0) is 0 Å². The van der Waals surface area contributed by atoms with Crippen molar-refractivity contribution in [2.75, 3.05) is 5.32 Å². The number of nitrogen functional groups attached to an aromatic ring is 1. The normalized spacial score (nSPS) is 11.9. The van der Waals surface area contributed by atoms with Crippen LogP contribution in [0.2, 0.25) is 0 Å². The number of hydrogen-bond acceptors (Lipinski definition) is 5. The van der Waals surface area contributed by atoms with E-state index in [0.717, 1.165) is 11.1 Å². The minimum Gasteiger partial charge on any atom is -0.455 e. The first-order valence-electron chi connectivity index (χ1n) is 10.5. The number of hydrazine groups is 1. The number of rotatable bonds is 5. The van der Waals surface area contributed by atoms with Crippen molar-refractivity contribution in [1.82, 2.24) is 5.43 Å². The molecular formula is C26H24FN3O3. The van der Waals surface area contributed by atoms with Crippen LogP contribution in [0.15, 0.2) is 69.9 Å². The van der Waals surface area contributed by atoms with Crippen molar-refractivity contribution in [1.29, 1.82) is 0 Å². The summed E-state index contributed by atoms with van der Waals surface area (Å²) in [6, 6.07) is 17.0. The van der Waals surface area contributed by atoms with E-state index in [0.29, 0.717) is 27.9 Å². The van der Waals surface area contributed by atoms with Crippen molar-refractivity contribution in [3.05, 3.63) is 99.0 Å². The first-order valence-corrected chi connectivity index (χ1v) is 10.5. The van der Waals surface area contributed by atoms with Gasteiger partial charge in [0.25, 0.3) is 5.91 Å². The van der Waals surface area contributed by atoms with Crippen LogP contribution in [0.5, 0.6) is 0 Å². The minimum absolute atomic E-state index is 0.110. The molecule has 1 atom stereocenters. The lowest BCUT2D eigenvalue weighted by molar-refractivity contribution is 0.0950. The zero-order chi connectivity index (χ0) is 23.7. The maximum atomic E-state index is 14.4. The molecule has 0 radical (unpaired) electrons. The fourth-order valence-corrected chi connectivity index (χ4v) is 4.01. The molecule has 1 unspecified atom stereocenters. The summed E-state index contributed by atoms with van der Waals surface area (Å²) in [4.78, 5) is 25.4. The highest BCUT2D eigenvalue weighted by atomic mass is 19.1. The van der Waals surface area contributed by atoms with E-state index in [1.807, 2.05) is 55.7 Å². The zero-order valence-corrected chi connectivity index (χ0v) is 18.5. The molecule has 0 aliphatic rings. The van der Waals surface area contributed by atoms with E-state index < -0.39 is 17.8 Å². The lowest BCUT2D eigenvalue weighted by Gasteiger charge is -2.20. The Hall–Kier alpha value is -3.97. The third kappa shape index (κ3) is 4.10. The maximum Gasteiger partial charge on any atom is 0.270 e. The Balaban J connectivity index is 1.88. The third-order valence-corrected chi connectivity index (χ3v) is 5.64. The number of fused-ring (bicyclic) bond motifs is 1. The number of carbonyl (C=O) groups excluding carboxylic acids is 1. The molecule has 168 valence electrons. The first kappa shape index (κ1) is 22.2. The van der Waals surface area contributed by atoms with Gasteiger partial charge in [0, 0.05) is 16.7 Å². The van der Waals surface area contributed by atoms with Crippen LogP contribution in [0, 0.1) is 19.7 Å². The van der Waals surface area contributed by atoms with Gasteiger partial charge in [0.2, 0.25) is 0 Å². The Kier molecular flexibility index (Phi) is 5.98. The SMILES string of the molecule is Cc1cc(C(C)Nc2cccc(F)c2C(=O)NN)c2oc(-c3ccccc3)c(C)c(=O)c2c1. The largest absolute Gasteiger partial charge is 0.455 e. The van der Waals surface area contributed by atoms with Crippen LogP contribution in [0.1, 0.15) is 40.0 Å². The van der Waals surface area contributed by atoms with Gasteiger partial charge in [-0.2, -0.15) is 0 Å². The van der Waals surface area contributed by atoms with Crippen LogP contribution in [0.3, 0.4) is 0 Å². The second-order valence-electron chi connectivity index (χ2n) is 7.98. The molecule has 0 saturated heterocycles.